The molecule has 0 radical (unpaired) electrons. The minimum Gasteiger partial charge on any atom is -0.454 e. The molecule has 2 aliphatic heterocycles. The summed E-state index contributed by atoms with van der Waals surface area (Å²) in [6.07, 6.45) is 1.52. The minimum absolute atomic E-state index is 0.157. The van der Waals surface area contributed by atoms with E-state index >= 15 is 0 Å². The van der Waals surface area contributed by atoms with Crippen molar-refractivity contribution in [2.75, 3.05) is 18.2 Å². The highest BCUT2D eigenvalue weighted by Gasteiger charge is 2.30. The molecular weight excluding hydrogens is 443 g/mol. The van der Waals surface area contributed by atoms with E-state index in [0.29, 0.717) is 27.7 Å². The summed E-state index contributed by atoms with van der Waals surface area (Å²) in [6, 6.07) is 19.1. The Morgan fingerprint density at radius 2 is 1.85 bits per heavy atom. The number of benzene rings is 3. The highest BCUT2D eigenvalue weighted by molar-refractivity contribution is 8.04. The lowest BCUT2D eigenvalue weighted by atomic mass is 10.2. The van der Waals surface area contributed by atoms with E-state index in [1.165, 1.54) is 28.8 Å². The summed E-state index contributed by atoms with van der Waals surface area (Å²) in [6.45, 7) is 0.309. The second-order valence-electron chi connectivity index (χ2n) is 7.46. The first kappa shape index (κ1) is 21.1. The zero-order valence-corrected chi connectivity index (χ0v) is 18.2. The molecule has 0 saturated carbocycles. The Kier molecular flexibility index (Phi) is 5.75. The molecule has 8 heteroatoms. The van der Waals surface area contributed by atoms with Gasteiger partial charge in [-0.1, -0.05) is 48.2 Å². The number of halogens is 1. The number of hydrogen-bond donors (Lipinski definition) is 1. The highest BCUT2D eigenvalue weighted by Crippen LogP contribution is 2.42. The van der Waals surface area contributed by atoms with Gasteiger partial charge in [-0.3, -0.25) is 14.5 Å². The summed E-state index contributed by atoms with van der Waals surface area (Å²) in [5, 5.41) is 2.85. The van der Waals surface area contributed by atoms with Crippen molar-refractivity contribution in [1.29, 1.82) is 0 Å². The molecule has 0 fully saturated rings. The van der Waals surface area contributed by atoms with E-state index in [1.54, 1.807) is 30.3 Å². The lowest BCUT2D eigenvalue weighted by Gasteiger charge is -2.29. The Bertz CT molecular complexity index is 1280. The molecule has 0 aromatic heterocycles. The Labute approximate surface area is 194 Å². The SMILES string of the molecule is O=C(CN1C(=O)/C(=C/c2ccccc2F)Sc2ccccc21)NCc1ccc2c(c1)OCO2. The Balaban J connectivity index is 1.34. The number of carbonyl (C=O) groups is 2. The fourth-order valence-electron chi connectivity index (χ4n) is 3.60. The lowest BCUT2D eigenvalue weighted by molar-refractivity contribution is -0.122. The molecule has 2 heterocycles. The zero-order valence-electron chi connectivity index (χ0n) is 17.4. The molecule has 1 N–H and O–H groups in total. The third kappa shape index (κ3) is 4.42. The fraction of sp³-hybridized carbons (Fsp3) is 0.120. The van der Waals surface area contributed by atoms with E-state index < -0.39 is 5.82 Å². The van der Waals surface area contributed by atoms with Crippen LogP contribution in [-0.4, -0.2) is 25.2 Å². The molecule has 0 aliphatic carbocycles. The number of anilines is 1. The van der Waals surface area contributed by atoms with Gasteiger partial charge >= 0.3 is 0 Å². The molecule has 5 rings (SSSR count). The van der Waals surface area contributed by atoms with Crippen LogP contribution < -0.4 is 19.7 Å². The van der Waals surface area contributed by atoms with E-state index in [0.717, 1.165) is 10.5 Å². The number of fused-ring (bicyclic) bond motifs is 2. The summed E-state index contributed by atoms with van der Waals surface area (Å²) >= 11 is 1.27. The van der Waals surface area contributed by atoms with Gasteiger partial charge in [-0.15, -0.1) is 0 Å². The number of para-hydroxylation sites is 1. The summed E-state index contributed by atoms with van der Waals surface area (Å²) in [7, 11) is 0. The van der Waals surface area contributed by atoms with Crippen molar-refractivity contribution in [3.63, 3.8) is 0 Å². The molecule has 0 atom stereocenters. The van der Waals surface area contributed by atoms with Crippen molar-refractivity contribution in [1.82, 2.24) is 5.32 Å². The number of amides is 2. The van der Waals surface area contributed by atoms with Crippen LogP contribution in [0.4, 0.5) is 10.1 Å². The van der Waals surface area contributed by atoms with Crippen molar-refractivity contribution >= 4 is 35.3 Å². The van der Waals surface area contributed by atoms with Gasteiger partial charge in [0, 0.05) is 17.0 Å². The Morgan fingerprint density at radius 1 is 1.06 bits per heavy atom. The molecule has 2 aliphatic rings. The predicted molar refractivity (Wildman–Crippen MR) is 123 cm³/mol. The smallest absolute Gasteiger partial charge is 0.265 e. The second kappa shape index (κ2) is 8.99. The van der Waals surface area contributed by atoms with E-state index in [1.807, 2.05) is 30.3 Å². The van der Waals surface area contributed by atoms with Gasteiger partial charge in [0.2, 0.25) is 12.7 Å². The average Bonchev–Trinajstić information content (AvgIpc) is 3.30. The van der Waals surface area contributed by atoms with Gasteiger partial charge < -0.3 is 14.8 Å². The van der Waals surface area contributed by atoms with Crippen LogP contribution in [0.3, 0.4) is 0 Å². The molecule has 0 bridgehead atoms. The number of hydrogen-bond acceptors (Lipinski definition) is 5. The van der Waals surface area contributed by atoms with Crippen LogP contribution in [0.2, 0.25) is 0 Å². The van der Waals surface area contributed by atoms with Crippen LogP contribution in [0.15, 0.2) is 76.5 Å². The normalized spacial score (nSPS) is 15.5. The fourth-order valence-corrected chi connectivity index (χ4v) is 4.65. The molecule has 0 saturated heterocycles. The monoisotopic (exact) mass is 462 g/mol. The van der Waals surface area contributed by atoms with Gasteiger partial charge in [-0.05, 0) is 42.0 Å². The van der Waals surface area contributed by atoms with Gasteiger partial charge in [0.15, 0.2) is 11.5 Å². The maximum Gasteiger partial charge on any atom is 0.265 e. The van der Waals surface area contributed by atoms with Crippen LogP contribution >= 0.6 is 11.8 Å². The number of ether oxygens (including phenoxy) is 2. The van der Waals surface area contributed by atoms with E-state index in [-0.39, 0.29) is 31.7 Å². The molecular formula is C25H19FN2O4S. The van der Waals surface area contributed by atoms with Crippen LogP contribution in [0.5, 0.6) is 11.5 Å². The van der Waals surface area contributed by atoms with Crippen LogP contribution in [0.25, 0.3) is 6.08 Å². The van der Waals surface area contributed by atoms with Crippen molar-refractivity contribution in [2.24, 2.45) is 0 Å². The average molecular weight is 463 g/mol. The quantitative estimate of drug-likeness (QED) is 0.571. The molecule has 166 valence electrons. The first-order valence-electron chi connectivity index (χ1n) is 10.3. The van der Waals surface area contributed by atoms with Crippen molar-refractivity contribution in [3.8, 4) is 11.5 Å². The number of thioether (sulfide) groups is 1. The Morgan fingerprint density at radius 3 is 2.73 bits per heavy atom. The summed E-state index contributed by atoms with van der Waals surface area (Å²) in [5.41, 5.74) is 1.82. The molecule has 3 aromatic carbocycles. The molecule has 0 unspecified atom stereocenters. The molecule has 2 amide bonds. The van der Waals surface area contributed by atoms with E-state index in [2.05, 4.69) is 5.32 Å². The third-order valence-corrected chi connectivity index (χ3v) is 6.33. The summed E-state index contributed by atoms with van der Waals surface area (Å²) in [5.74, 6) is 0.243. The maximum absolute atomic E-state index is 14.2. The first-order chi connectivity index (χ1) is 16.1. The lowest BCUT2D eigenvalue weighted by Crippen LogP contribution is -2.42. The van der Waals surface area contributed by atoms with Crippen LogP contribution in [0.1, 0.15) is 11.1 Å². The Hall–Kier alpha value is -3.78. The van der Waals surface area contributed by atoms with Gasteiger partial charge in [0.1, 0.15) is 12.4 Å². The van der Waals surface area contributed by atoms with Crippen molar-refractivity contribution < 1.29 is 23.5 Å². The zero-order chi connectivity index (χ0) is 22.8. The minimum atomic E-state index is -0.412. The van der Waals surface area contributed by atoms with Crippen molar-refractivity contribution in [2.45, 2.75) is 11.4 Å². The van der Waals surface area contributed by atoms with Gasteiger partial charge in [0.05, 0.1) is 10.6 Å². The molecule has 3 aromatic rings. The number of carbonyl (C=O) groups excluding carboxylic acids is 2. The first-order valence-corrected chi connectivity index (χ1v) is 11.1. The van der Waals surface area contributed by atoms with E-state index in [4.69, 9.17) is 9.47 Å². The van der Waals surface area contributed by atoms with Crippen LogP contribution in [0, 0.1) is 5.82 Å². The number of nitrogens with one attached hydrogen (secondary N) is 1. The predicted octanol–water partition coefficient (Wildman–Crippen LogP) is 4.35. The standard InChI is InChI=1S/C25H19FN2O4S/c26-18-6-2-1-5-17(18)12-23-25(30)28(19-7-3-4-8-22(19)33-23)14-24(29)27-13-16-9-10-20-21(11-16)32-15-31-20/h1-12H,13-15H2,(H,27,29)/b23-12-. The largest absolute Gasteiger partial charge is 0.454 e. The second-order valence-corrected chi connectivity index (χ2v) is 8.54. The number of rotatable bonds is 5. The summed E-state index contributed by atoms with van der Waals surface area (Å²) < 4.78 is 24.8. The van der Waals surface area contributed by atoms with Crippen LogP contribution in [-0.2, 0) is 16.1 Å². The topological polar surface area (TPSA) is 67.9 Å². The molecule has 6 nitrogen and oxygen atoms in total. The van der Waals surface area contributed by atoms with Gasteiger partial charge in [-0.25, -0.2) is 4.39 Å². The maximum atomic E-state index is 14.2. The third-order valence-electron chi connectivity index (χ3n) is 5.25. The number of nitrogens with zero attached hydrogens (tertiary/aromatic N) is 1. The molecule has 33 heavy (non-hydrogen) atoms. The highest BCUT2D eigenvalue weighted by atomic mass is 32.2. The molecule has 0 spiro atoms. The van der Waals surface area contributed by atoms with Gasteiger partial charge in [-0.2, -0.15) is 0 Å². The summed E-state index contributed by atoms with van der Waals surface area (Å²) in [4.78, 5) is 28.6. The van der Waals surface area contributed by atoms with Crippen molar-refractivity contribution in [3.05, 3.63) is 88.6 Å². The van der Waals surface area contributed by atoms with Gasteiger partial charge in [0.25, 0.3) is 5.91 Å². The van der Waals surface area contributed by atoms with E-state index in [9.17, 15) is 14.0 Å².